The summed E-state index contributed by atoms with van der Waals surface area (Å²) < 4.78 is 5.23. The van der Waals surface area contributed by atoms with Gasteiger partial charge < -0.3 is 14.9 Å². The van der Waals surface area contributed by atoms with Gasteiger partial charge in [-0.25, -0.2) is 0 Å². The highest BCUT2D eigenvalue weighted by molar-refractivity contribution is 5.77. The topological polar surface area (TPSA) is 105 Å². The number of carbonyl (C=O) groups is 2. The fourth-order valence-electron chi connectivity index (χ4n) is 3.58. The normalized spacial score (nSPS) is 24.9. The Morgan fingerprint density at radius 1 is 1.22 bits per heavy atom. The van der Waals surface area contributed by atoms with E-state index in [1.807, 2.05) is 0 Å². The van der Waals surface area contributed by atoms with Gasteiger partial charge in [-0.05, 0) is 32.1 Å². The van der Waals surface area contributed by atoms with Gasteiger partial charge in [0.1, 0.15) is 0 Å². The first-order valence-electron chi connectivity index (χ1n) is 8.46. The van der Waals surface area contributed by atoms with Crippen molar-refractivity contribution < 1.29 is 19.2 Å². The number of nitrogens with one attached hydrogen (secondary N) is 1. The highest BCUT2D eigenvalue weighted by Crippen LogP contribution is 2.32. The number of rotatable bonds is 6. The van der Waals surface area contributed by atoms with Crippen LogP contribution < -0.4 is 5.32 Å². The second-order valence-corrected chi connectivity index (χ2v) is 6.64. The summed E-state index contributed by atoms with van der Waals surface area (Å²) in [5, 5.41) is 15.9. The van der Waals surface area contributed by atoms with Crippen LogP contribution in [0.1, 0.15) is 69.0 Å². The molecule has 7 nitrogen and oxygen atoms in total. The summed E-state index contributed by atoms with van der Waals surface area (Å²) >= 11 is 0. The zero-order valence-electron chi connectivity index (χ0n) is 13.2. The number of carboxylic acid groups (broad SMARTS) is 1. The molecule has 1 amide bonds. The van der Waals surface area contributed by atoms with Crippen LogP contribution in [0.3, 0.4) is 0 Å². The highest BCUT2D eigenvalue weighted by atomic mass is 16.5. The molecule has 0 bridgehead atoms. The molecular formula is C16H23N3O4. The molecule has 2 aliphatic carbocycles. The predicted octanol–water partition coefficient (Wildman–Crippen LogP) is 2.03. The highest BCUT2D eigenvalue weighted by Gasteiger charge is 2.30. The van der Waals surface area contributed by atoms with E-state index in [9.17, 15) is 9.59 Å². The van der Waals surface area contributed by atoms with Crippen molar-refractivity contribution in [1.82, 2.24) is 15.5 Å². The Morgan fingerprint density at radius 2 is 2.00 bits per heavy atom. The first kappa shape index (κ1) is 16.0. The Bertz CT molecular complexity index is 565. The lowest BCUT2D eigenvalue weighted by Crippen LogP contribution is -2.33. The molecule has 0 spiro atoms. The molecule has 0 saturated heterocycles. The van der Waals surface area contributed by atoms with Gasteiger partial charge in [0, 0.05) is 24.8 Å². The fraction of sp³-hybridized carbons (Fsp3) is 0.750. The Hall–Kier alpha value is -1.92. The average Bonchev–Trinajstić information content (AvgIpc) is 3.25. The van der Waals surface area contributed by atoms with E-state index in [0.717, 1.165) is 25.1 Å². The molecule has 2 saturated carbocycles. The second kappa shape index (κ2) is 7.10. The third kappa shape index (κ3) is 4.09. The van der Waals surface area contributed by atoms with Crippen LogP contribution in [-0.2, 0) is 16.0 Å². The van der Waals surface area contributed by atoms with Crippen LogP contribution in [0, 0.1) is 5.92 Å². The number of nitrogens with zero attached hydrogens (tertiary/aromatic N) is 2. The number of amides is 1. The Kier molecular flexibility index (Phi) is 4.93. The summed E-state index contributed by atoms with van der Waals surface area (Å²) in [5.41, 5.74) is 0. The van der Waals surface area contributed by atoms with E-state index in [1.54, 1.807) is 0 Å². The molecule has 1 aromatic rings. The van der Waals surface area contributed by atoms with Crippen LogP contribution in [0.4, 0.5) is 0 Å². The Labute approximate surface area is 134 Å². The van der Waals surface area contributed by atoms with E-state index in [0.29, 0.717) is 37.5 Å². The fourth-order valence-corrected chi connectivity index (χ4v) is 3.58. The second-order valence-electron chi connectivity index (χ2n) is 6.64. The number of aliphatic carboxylic acids is 1. The minimum absolute atomic E-state index is 0.0275. The molecule has 0 aromatic carbocycles. The largest absolute Gasteiger partial charge is 0.481 e. The maximum Gasteiger partial charge on any atom is 0.306 e. The molecule has 23 heavy (non-hydrogen) atoms. The molecule has 0 radical (unpaired) electrons. The standard InChI is InChI=1S/C16H23N3O4/c20-13(17-12-6-5-11(9-12)16(21)22)7-8-14-18-15(19-23-14)10-3-1-2-4-10/h10-12H,1-9H2,(H,17,20)(H,21,22)/t11-,12+/m0/s1. The van der Waals surface area contributed by atoms with Gasteiger partial charge in [0.15, 0.2) is 5.82 Å². The molecule has 7 heteroatoms. The molecule has 1 aromatic heterocycles. The van der Waals surface area contributed by atoms with E-state index in [-0.39, 0.29) is 17.9 Å². The molecule has 0 unspecified atom stereocenters. The van der Waals surface area contributed by atoms with Gasteiger partial charge >= 0.3 is 5.97 Å². The summed E-state index contributed by atoms with van der Waals surface area (Å²) in [6.07, 6.45) is 7.28. The third-order valence-corrected chi connectivity index (χ3v) is 4.92. The van der Waals surface area contributed by atoms with Crippen molar-refractivity contribution in [3.8, 4) is 0 Å². The zero-order valence-corrected chi connectivity index (χ0v) is 13.2. The molecule has 3 rings (SSSR count). The number of aryl methyl sites for hydroxylation is 1. The Balaban J connectivity index is 1.41. The number of hydrogen-bond donors (Lipinski definition) is 2. The maximum absolute atomic E-state index is 12.0. The Morgan fingerprint density at radius 3 is 2.70 bits per heavy atom. The number of aromatic nitrogens is 2. The van der Waals surface area contributed by atoms with Crippen molar-refractivity contribution >= 4 is 11.9 Å². The molecule has 2 fully saturated rings. The number of hydrogen-bond acceptors (Lipinski definition) is 5. The first-order chi connectivity index (χ1) is 11.1. The van der Waals surface area contributed by atoms with Gasteiger partial charge in [0.25, 0.3) is 0 Å². The van der Waals surface area contributed by atoms with E-state index in [1.165, 1.54) is 12.8 Å². The molecule has 2 atom stereocenters. The number of carboxylic acids is 1. The predicted molar refractivity (Wildman–Crippen MR) is 80.7 cm³/mol. The van der Waals surface area contributed by atoms with Crippen LogP contribution >= 0.6 is 0 Å². The summed E-state index contributed by atoms with van der Waals surface area (Å²) in [6, 6.07) is -0.0275. The van der Waals surface area contributed by atoms with E-state index >= 15 is 0 Å². The minimum atomic E-state index is -0.771. The third-order valence-electron chi connectivity index (χ3n) is 4.92. The number of carbonyl (C=O) groups excluding carboxylic acids is 1. The van der Waals surface area contributed by atoms with E-state index in [2.05, 4.69) is 15.5 Å². The van der Waals surface area contributed by atoms with Crippen molar-refractivity contribution in [1.29, 1.82) is 0 Å². The van der Waals surface area contributed by atoms with Gasteiger partial charge in [-0.15, -0.1) is 0 Å². The van der Waals surface area contributed by atoms with Gasteiger partial charge in [0.05, 0.1) is 5.92 Å². The van der Waals surface area contributed by atoms with Crippen molar-refractivity contribution in [3.05, 3.63) is 11.7 Å². The van der Waals surface area contributed by atoms with Gasteiger partial charge in [-0.2, -0.15) is 4.98 Å². The van der Waals surface area contributed by atoms with E-state index < -0.39 is 5.97 Å². The lowest BCUT2D eigenvalue weighted by molar-refractivity contribution is -0.141. The summed E-state index contributed by atoms with van der Waals surface area (Å²) in [5.74, 6) is 0.515. The molecule has 0 aliphatic heterocycles. The monoisotopic (exact) mass is 321 g/mol. The summed E-state index contributed by atoms with van der Waals surface area (Å²) in [7, 11) is 0. The quantitative estimate of drug-likeness (QED) is 0.830. The van der Waals surface area contributed by atoms with Crippen LogP contribution in [0.25, 0.3) is 0 Å². The maximum atomic E-state index is 12.0. The van der Waals surface area contributed by atoms with E-state index in [4.69, 9.17) is 9.63 Å². The van der Waals surface area contributed by atoms with Gasteiger partial charge in [-0.1, -0.05) is 18.0 Å². The smallest absolute Gasteiger partial charge is 0.306 e. The molecule has 1 heterocycles. The van der Waals surface area contributed by atoms with Crippen molar-refractivity contribution in [2.24, 2.45) is 5.92 Å². The van der Waals surface area contributed by atoms with Gasteiger partial charge in [0.2, 0.25) is 11.8 Å². The zero-order chi connectivity index (χ0) is 16.2. The van der Waals surface area contributed by atoms with Gasteiger partial charge in [-0.3, -0.25) is 9.59 Å². The van der Waals surface area contributed by atoms with Crippen LogP contribution in [-0.4, -0.2) is 33.2 Å². The first-order valence-corrected chi connectivity index (χ1v) is 8.46. The van der Waals surface area contributed by atoms with Crippen LogP contribution in [0.15, 0.2) is 4.52 Å². The van der Waals surface area contributed by atoms with Crippen LogP contribution in [0.2, 0.25) is 0 Å². The average molecular weight is 321 g/mol. The van der Waals surface area contributed by atoms with Crippen molar-refractivity contribution in [2.75, 3.05) is 0 Å². The van der Waals surface area contributed by atoms with Crippen molar-refractivity contribution in [2.45, 2.75) is 69.7 Å². The molecule has 2 N–H and O–H groups in total. The van der Waals surface area contributed by atoms with Crippen molar-refractivity contribution in [3.63, 3.8) is 0 Å². The molecule has 2 aliphatic rings. The van der Waals surface area contributed by atoms with Crippen LogP contribution in [0.5, 0.6) is 0 Å². The SMILES string of the molecule is O=C(CCc1nc(C2CCCC2)no1)N[C@@H]1CC[C@H](C(=O)O)C1. The molecular weight excluding hydrogens is 298 g/mol. The minimum Gasteiger partial charge on any atom is -0.481 e. The lowest BCUT2D eigenvalue weighted by atomic mass is 10.1. The molecule has 126 valence electrons. The summed E-state index contributed by atoms with van der Waals surface area (Å²) in [4.78, 5) is 27.3. The summed E-state index contributed by atoms with van der Waals surface area (Å²) in [6.45, 7) is 0. The lowest BCUT2D eigenvalue weighted by Gasteiger charge is -2.11.